The second kappa shape index (κ2) is 8.15. The Balaban J connectivity index is 2.42. The molecular weight excluding hydrogens is 248 g/mol. The van der Waals surface area contributed by atoms with Crippen LogP contribution in [0.1, 0.15) is 52.4 Å². The van der Waals surface area contributed by atoms with E-state index in [1.54, 1.807) is 0 Å². The van der Waals surface area contributed by atoms with Crippen LogP contribution in [0.15, 0.2) is 0 Å². The first-order chi connectivity index (χ1) is 8.99. The summed E-state index contributed by atoms with van der Waals surface area (Å²) in [6.45, 7) is 5.08. The van der Waals surface area contributed by atoms with Crippen molar-refractivity contribution in [2.24, 2.45) is 0 Å². The zero-order chi connectivity index (χ0) is 14.1. The Morgan fingerprint density at radius 1 is 0.842 bits per heavy atom. The molecule has 0 aromatic heterocycles. The van der Waals surface area contributed by atoms with Gasteiger partial charge in [0.25, 0.3) is 0 Å². The van der Waals surface area contributed by atoms with Crippen LogP contribution in [0, 0.1) is 0 Å². The molecule has 0 saturated carbocycles. The van der Waals surface area contributed by atoms with Crippen molar-refractivity contribution in [3.8, 4) is 0 Å². The van der Waals surface area contributed by atoms with Gasteiger partial charge in [-0.15, -0.1) is 0 Å². The highest BCUT2D eigenvalue weighted by Crippen LogP contribution is 2.12. The predicted octanol–water partition coefficient (Wildman–Crippen LogP) is 2.22. The summed E-state index contributed by atoms with van der Waals surface area (Å²) in [5, 5.41) is 0. The van der Waals surface area contributed by atoms with Crippen LogP contribution in [-0.2, 0) is 23.8 Å². The molecule has 5 nitrogen and oxygen atoms in total. The Labute approximate surface area is 114 Å². The number of hydrogen-bond acceptors (Lipinski definition) is 5. The van der Waals surface area contributed by atoms with Gasteiger partial charge in [-0.1, -0.05) is 0 Å². The second-order valence-corrected chi connectivity index (χ2v) is 5.40. The summed E-state index contributed by atoms with van der Waals surface area (Å²) in [7, 11) is 0. The van der Waals surface area contributed by atoms with Crippen molar-refractivity contribution >= 4 is 11.9 Å². The van der Waals surface area contributed by atoms with Crippen LogP contribution in [0.2, 0.25) is 0 Å². The number of rotatable bonds is 0. The topological polar surface area (TPSA) is 61.8 Å². The van der Waals surface area contributed by atoms with E-state index in [1.807, 2.05) is 13.8 Å². The standard InChI is InChI=1S/C14H24O5/c1-14(2)11-18-13(16)8-4-3-7-12(15)17-9-5-6-10-19-14/h3-11H2,1-2H3. The lowest BCUT2D eigenvalue weighted by molar-refractivity contribution is -0.153. The van der Waals surface area contributed by atoms with Crippen molar-refractivity contribution in [3.63, 3.8) is 0 Å². The molecular formula is C14H24O5. The maximum atomic E-state index is 11.5. The molecule has 0 N–H and O–H groups in total. The summed E-state index contributed by atoms with van der Waals surface area (Å²) in [5.74, 6) is -0.426. The number of cyclic esters (lactones) is 2. The molecule has 0 spiro atoms. The van der Waals surface area contributed by atoms with Gasteiger partial charge in [-0.25, -0.2) is 0 Å². The summed E-state index contributed by atoms with van der Waals surface area (Å²) < 4.78 is 15.9. The molecule has 0 aliphatic carbocycles. The van der Waals surface area contributed by atoms with E-state index in [2.05, 4.69) is 0 Å². The molecule has 0 bridgehead atoms. The highest BCUT2D eigenvalue weighted by atomic mass is 16.6. The van der Waals surface area contributed by atoms with Gasteiger partial charge in [0, 0.05) is 19.4 Å². The molecule has 0 radical (unpaired) electrons. The summed E-state index contributed by atoms with van der Waals surface area (Å²) in [5.41, 5.74) is -0.466. The van der Waals surface area contributed by atoms with Gasteiger partial charge in [0.2, 0.25) is 0 Å². The fraction of sp³-hybridized carbons (Fsp3) is 0.857. The van der Waals surface area contributed by atoms with Crippen LogP contribution in [0.3, 0.4) is 0 Å². The average molecular weight is 272 g/mol. The summed E-state index contributed by atoms with van der Waals surface area (Å²) in [6.07, 6.45) is 3.63. The van der Waals surface area contributed by atoms with Gasteiger partial charge in [-0.3, -0.25) is 9.59 Å². The third-order valence-corrected chi connectivity index (χ3v) is 2.89. The SMILES string of the molecule is CC1(C)COC(=O)CCCCC(=O)OCCCCO1. The van der Waals surface area contributed by atoms with E-state index in [1.165, 1.54) is 0 Å². The van der Waals surface area contributed by atoms with Crippen LogP contribution < -0.4 is 0 Å². The van der Waals surface area contributed by atoms with Gasteiger partial charge >= 0.3 is 11.9 Å². The van der Waals surface area contributed by atoms with Crippen molar-refractivity contribution in [2.45, 2.75) is 58.0 Å². The minimum Gasteiger partial charge on any atom is -0.466 e. The maximum absolute atomic E-state index is 11.5. The third-order valence-electron chi connectivity index (χ3n) is 2.89. The lowest BCUT2D eigenvalue weighted by Crippen LogP contribution is -2.32. The van der Waals surface area contributed by atoms with Gasteiger partial charge < -0.3 is 14.2 Å². The number of carbonyl (C=O) groups excluding carboxylic acids is 2. The Bertz CT molecular complexity index is 298. The van der Waals surface area contributed by atoms with E-state index in [-0.39, 0.29) is 18.5 Å². The van der Waals surface area contributed by atoms with Crippen LogP contribution in [-0.4, -0.2) is 37.4 Å². The first kappa shape index (κ1) is 16.0. The fourth-order valence-corrected chi connectivity index (χ4v) is 1.72. The van der Waals surface area contributed by atoms with E-state index >= 15 is 0 Å². The molecule has 1 fully saturated rings. The molecule has 110 valence electrons. The highest BCUT2D eigenvalue weighted by molar-refractivity contribution is 5.70. The number of carbonyl (C=O) groups is 2. The Morgan fingerprint density at radius 2 is 1.42 bits per heavy atom. The molecule has 0 atom stereocenters. The van der Waals surface area contributed by atoms with E-state index in [0.717, 1.165) is 12.8 Å². The number of ether oxygens (including phenoxy) is 3. The zero-order valence-corrected chi connectivity index (χ0v) is 11.9. The molecule has 1 rings (SSSR count). The number of esters is 2. The van der Waals surface area contributed by atoms with Gasteiger partial charge in [0.05, 0.1) is 12.2 Å². The molecule has 5 heteroatoms. The van der Waals surface area contributed by atoms with E-state index in [0.29, 0.717) is 38.9 Å². The minimum atomic E-state index is -0.466. The molecule has 0 amide bonds. The molecule has 1 heterocycles. The Hall–Kier alpha value is -1.10. The Morgan fingerprint density at radius 3 is 2.11 bits per heavy atom. The van der Waals surface area contributed by atoms with Crippen LogP contribution >= 0.6 is 0 Å². The maximum Gasteiger partial charge on any atom is 0.305 e. The molecule has 1 saturated heterocycles. The number of hydrogen-bond donors (Lipinski definition) is 0. The molecule has 1 aliphatic rings. The van der Waals surface area contributed by atoms with E-state index in [9.17, 15) is 9.59 Å². The minimum absolute atomic E-state index is 0.190. The van der Waals surface area contributed by atoms with Crippen molar-refractivity contribution < 1.29 is 23.8 Å². The molecule has 0 aromatic carbocycles. The molecule has 0 unspecified atom stereocenters. The normalized spacial score (nSPS) is 23.7. The van der Waals surface area contributed by atoms with Gasteiger partial charge in [0.15, 0.2) is 0 Å². The van der Waals surface area contributed by atoms with Crippen molar-refractivity contribution in [1.82, 2.24) is 0 Å². The fourth-order valence-electron chi connectivity index (χ4n) is 1.72. The van der Waals surface area contributed by atoms with Crippen LogP contribution in [0.5, 0.6) is 0 Å². The van der Waals surface area contributed by atoms with Gasteiger partial charge in [0.1, 0.15) is 6.61 Å². The zero-order valence-electron chi connectivity index (χ0n) is 11.9. The highest BCUT2D eigenvalue weighted by Gasteiger charge is 2.21. The quantitative estimate of drug-likeness (QED) is 0.633. The molecule has 19 heavy (non-hydrogen) atoms. The van der Waals surface area contributed by atoms with Crippen molar-refractivity contribution in [1.29, 1.82) is 0 Å². The summed E-state index contributed by atoms with van der Waals surface area (Å²) >= 11 is 0. The van der Waals surface area contributed by atoms with Crippen molar-refractivity contribution in [2.75, 3.05) is 19.8 Å². The van der Waals surface area contributed by atoms with E-state index in [4.69, 9.17) is 14.2 Å². The lowest BCUT2D eigenvalue weighted by Gasteiger charge is -2.24. The van der Waals surface area contributed by atoms with Crippen molar-refractivity contribution in [3.05, 3.63) is 0 Å². The second-order valence-electron chi connectivity index (χ2n) is 5.40. The Kier molecular flexibility index (Phi) is 6.84. The summed E-state index contributed by atoms with van der Waals surface area (Å²) in [6, 6.07) is 0. The predicted molar refractivity (Wildman–Crippen MR) is 69.7 cm³/mol. The van der Waals surface area contributed by atoms with Gasteiger partial charge in [-0.05, 0) is 39.5 Å². The van der Waals surface area contributed by atoms with Crippen LogP contribution in [0.25, 0.3) is 0 Å². The molecule has 0 aromatic rings. The summed E-state index contributed by atoms with van der Waals surface area (Å²) in [4.78, 5) is 22.8. The lowest BCUT2D eigenvalue weighted by atomic mass is 10.1. The van der Waals surface area contributed by atoms with E-state index < -0.39 is 5.60 Å². The largest absolute Gasteiger partial charge is 0.466 e. The average Bonchev–Trinajstić information content (AvgIpc) is 2.36. The smallest absolute Gasteiger partial charge is 0.305 e. The van der Waals surface area contributed by atoms with Crippen LogP contribution in [0.4, 0.5) is 0 Å². The first-order valence-electron chi connectivity index (χ1n) is 6.95. The van der Waals surface area contributed by atoms with Gasteiger partial charge in [-0.2, -0.15) is 0 Å². The third kappa shape index (κ3) is 7.82. The molecule has 1 aliphatic heterocycles. The first-order valence-corrected chi connectivity index (χ1v) is 6.95. The monoisotopic (exact) mass is 272 g/mol.